The molecule has 100 valence electrons. The van der Waals surface area contributed by atoms with Crippen LogP contribution in [0.4, 0.5) is 4.39 Å². The van der Waals surface area contributed by atoms with Gasteiger partial charge < -0.3 is 10.1 Å². The van der Waals surface area contributed by atoms with Crippen molar-refractivity contribution in [2.75, 3.05) is 33.4 Å². The lowest BCUT2D eigenvalue weighted by molar-refractivity contribution is -0.0103. The molecule has 1 aliphatic rings. The minimum absolute atomic E-state index is 0.174. The molecular formula is C13H18ClFN2O. The van der Waals surface area contributed by atoms with Crippen LogP contribution in [0.25, 0.3) is 0 Å². The molecule has 1 atom stereocenters. The highest BCUT2D eigenvalue weighted by atomic mass is 35.5. The topological polar surface area (TPSA) is 24.5 Å². The second-order valence-electron chi connectivity index (χ2n) is 4.51. The van der Waals surface area contributed by atoms with Crippen molar-refractivity contribution < 1.29 is 9.13 Å². The molecule has 0 aliphatic carbocycles. The SMILES string of the molecule is CNCC1COCCN1Cc1ccc(Cl)c(F)c1. The Hall–Kier alpha value is -0.680. The summed E-state index contributed by atoms with van der Waals surface area (Å²) in [6.45, 7) is 3.92. The quantitative estimate of drug-likeness (QED) is 0.906. The van der Waals surface area contributed by atoms with Gasteiger partial charge in [-0.05, 0) is 24.7 Å². The van der Waals surface area contributed by atoms with E-state index in [0.717, 1.165) is 38.4 Å². The van der Waals surface area contributed by atoms with Gasteiger partial charge in [-0.15, -0.1) is 0 Å². The number of rotatable bonds is 4. The average molecular weight is 273 g/mol. The summed E-state index contributed by atoms with van der Waals surface area (Å²) in [5.41, 5.74) is 0.944. The van der Waals surface area contributed by atoms with E-state index in [-0.39, 0.29) is 10.8 Å². The number of halogens is 2. The summed E-state index contributed by atoms with van der Waals surface area (Å²) in [6.07, 6.45) is 0. The van der Waals surface area contributed by atoms with Gasteiger partial charge in [-0.1, -0.05) is 17.7 Å². The van der Waals surface area contributed by atoms with Gasteiger partial charge in [0.05, 0.1) is 18.2 Å². The highest BCUT2D eigenvalue weighted by molar-refractivity contribution is 6.30. The zero-order chi connectivity index (χ0) is 13.0. The van der Waals surface area contributed by atoms with Gasteiger partial charge in [0.25, 0.3) is 0 Å². The van der Waals surface area contributed by atoms with Crippen LogP contribution < -0.4 is 5.32 Å². The highest BCUT2D eigenvalue weighted by Gasteiger charge is 2.22. The third kappa shape index (κ3) is 3.42. The molecule has 0 aromatic heterocycles. The van der Waals surface area contributed by atoms with Crippen LogP contribution in [0, 0.1) is 5.82 Å². The zero-order valence-electron chi connectivity index (χ0n) is 10.5. The third-order valence-electron chi connectivity index (χ3n) is 3.16. The van der Waals surface area contributed by atoms with Crippen LogP contribution in [0.15, 0.2) is 18.2 Å². The molecule has 1 aromatic carbocycles. The van der Waals surface area contributed by atoms with E-state index in [1.54, 1.807) is 6.07 Å². The number of nitrogens with one attached hydrogen (secondary N) is 1. The van der Waals surface area contributed by atoms with E-state index in [2.05, 4.69) is 10.2 Å². The molecule has 0 saturated carbocycles. The van der Waals surface area contributed by atoms with Crippen LogP contribution >= 0.6 is 11.6 Å². The maximum absolute atomic E-state index is 13.4. The van der Waals surface area contributed by atoms with E-state index < -0.39 is 0 Å². The second kappa shape index (κ2) is 6.48. The van der Waals surface area contributed by atoms with Crippen molar-refractivity contribution in [2.45, 2.75) is 12.6 Å². The van der Waals surface area contributed by atoms with Gasteiger partial charge in [0.2, 0.25) is 0 Å². The summed E-state index contributed by atoms with van der Waals surface area (Å²) < 4.78 is 18.9. The first-order valence-electron chi connectivity index (χ1n) is 6.11. The van der Waals surface area contributed by atoms with Crippen molar-refractivity contribution in [3.63, 3.8) is 0 Å². The molecule has 5 heteroatoms. The molecule has 1 N–H and O–H groups in total. The Morgan fingerprint density at radius 2 is 2.39 bits per heavy atom. The summed E-state index contributed by atoms with van der Waals surface area (Å²) in [5, 5.41) is 3.33. The average Bonchev–Trinajstić information content (AvgIpc) is 2.37. The van der Waals surface area contributed by atoms with E-state index in [1.807, 2.05) is 13.1 Å². The summed E-state index contributed by atoms with van der Waals surface area (Å²) in [7, 11) is 1.93. The number of morpholine rings is 1. The first-order chi connectivity index (χ1) is 8.70. The van der Waals surface area contributed by atoms with E-state index in [1.165, 1.54) is 6.07 Å². The molecule has 0 spiro atoms. The Labute approximate surface area is 112 Å². The number of nitrogens with zero attached hydrogens (tertiary/aromatic N) is 1. The normalized spacial score (nSPS) is 21.2. The number of ether oxygens (including phenoxy) is 1. The molecule has 1 aromatic rings. The highest BCUT2D eigenvalue weighted by Crippen LogP contribution is 2.18. The first-order valence-corrected chi connectivity index (χ1v) is 6.49. The smallest absolute Gasteiger partial charge is 0.142 e. The van der Waals surface area contributed by atoms with Gasteiger partial charge in [-0.3, -0.25) is 4.90 Å². The molecule has 0 amide bonds. The van der Waals surface area contributed by atoms with Crippen LogP contribution in [-0.2, 0) is 11.3 Å². The molecule has 1 saturated heterocycles. The lowest BCUT2D eigenvalue weighted by atomic mass is 10.1. The Kier molecular flexibility index (Phi) is 4.95. The van der Waals surface area contributed by atoms with Crippen molar-refractivity contribution in [2.24, 2.45) is 0 Å². The molecule has 1 aliphatic heterocycles. The van der Waals surface area contributed by atoms with E-state index in [0.29, 0.717) is 6.04 Å². The summed E-state index contributed by atoms with van der Waals surface area (Å²) >= 11 is 5.68. The lowest BCUT2D eigenvalue weighted by Gasteiger charge is -2.35. The van der Waals surface area contributed by atoms with Crippen LogP contribution in [-0.4, -0.2) is 44.3 Å². The fourth-order valence-corrected chi connectivity index (χ4v) is 2.31. The van der Waals surface area contributed by atoms with E-state index in [4.69, 9.17) is 16.3 Å². The minimum Gasteiger partial charge on any atom is -0.378 e. The lowest BCUT2D eigenvalue weighted by Crippen LogP contribution is -2.49. The van der Waals surface area contributed by atoms with Gasteiger partial charge in [0, 0.05) is 25.7 Å². The van der Waals surface area contributed by atoms with Gasteiger partial charge in [0.1, 0.15) is 5.82 Å². The monoisotopic (exact) mass is 272 g/mol. The van der Waals surface area contributed by atoms with Crippen LogP contribution in [0.1, 0.15) is 5.56 Å². The molecule has 2 rings (SSSR count). The van der Waals surface area contributed by atoms with Crippen LogP contribution in [0.2, 0.25) is 5.02 Å². The van der Waals surface area contributed by atoms with Gasteiger partial charge in [-0.2, -0.15) is 0 Å². The predicted molar refractivity (Wildman–Crippen MR) is 70.4 cm³/mol. The zero-order valence-corrected chi connectivity index (χ0v) is 11.2. The van der Waals surface area contributed by atoms with Crippen molar-refractivity contribution in [1.29, 1.82) is 0 Å². The number of hydrogen-bond acceptors (Lipinski definition) is 3. The van der Waals surface area contributed by atoms with Gasteiger partial charge in [0.15, 0.2) is 0 Å². The van der Waals surface area contributed by atoms with E-state index in [9.17, 15) is 4.39 Å². The maximum Gasteiger partial charge on any atom is 0.142 e. The molecule has 0 radical (unpaired) electrons. The van der Waals surface area contributed by atoms with Crippen molar-refractivity contribution in [3.8, 4) is 0 Å². The maximum atomic E-state index is 13.4. The standard InChI is InChI=1S/C13H18ClFN2O/c1-16-7-11-9-18-5-4-17(11)8-10-2-3-12(14)13(15)6-10/h2-3,6,11,16H,4-5,7-9H2,1H3. The second-order valence-corrected chi connectivity index (χ2v) is 4.91. The fraction of sp³-hybridized carbons (Fsp3) is 0.538. The minimum atomic E-state index is -0.354. The van der Waals surface area contributed by atoms with Gasteiger partial charge in [-0.25, -0.2) is 4.39 Å². The summed E-state index contributed by atoms with van der Waals surface area (Å²) in [5.74, 6) is -0.354. The number of likely N-dealkylation sites (N-methyl/N-ethyl adjacent to an activating group) is 1. The molecule has 1 unspecified atom stereocenters. The van der Waals surface area contributed by atoms with E-state index >= 15 is 0 Å². The molecule has 0 bridgehead atoms. The van der Waals surface area contributed by atoms with Gasteiger partial charge >= 0.3 is 0 Å². The van der Waals surface area contributed by atoms with Crippen LogP contribution in [0.3, 0.4) is 0 Å². The number of hydrogen-bond donors (Lipinski definition) is 1. The summed E-state index contributed by atoms with van der Waals surface area (Å²) in [4.78, 5) is 2.31. The molecule has 1 heterocycles. The largest absolute Gasteiger partial charge is 0.378 e. The Balaban J connectivity index is 2.03. The Morgan fingerprint density at radius 1 is 1.56 bits per heavy atom. The first kappa shape index (κ1) is 13.7. The Morgan fingerprint density at radius 3 is 3.11 bits per heavy atom. The van der Waals surface area contributed by atoms with Crippen LogP contribution in [0.5, 0.6) is 0 Å². The molecular weight excluding hydrogens is 255 g/mol. The molecule has 1 fully saturated rings. The Bertz CT molecular complexity index is 401. The summed E-state index contributed by atoms with van der Waals surface area (Å²) in [6, 6.07) is 5.33. The predicted octanol–water partition coefficient (Wildman–Crippen LogP) is 1.90. The molecule has 18 heavy (non-hydrogen) atoms. The third-order valence-corrected chi connectivity index (χ3v) is 3.47. The van der Waals surface area contributed by atoms with Crippen molar-refractivity contribution in [1.82, 2.24) is 10.2 Å². The number of benzene rings is 1. The fourth-order valence-electron chi connectivity index (χ4n) is 2.19. The van der Waals surface area contributed by atoms with Crippen molar-refractivity contribution >= 4 is 11.6 Å². The van der Waals surface area contributed by atoms with Crippen molar-refractivity contribution in [3.05, 3.63) is 34.6 Å². The molecule has 3 nitrogen and oxygen atoms in total.